The summed E-state index contributed by atoms with van der Waals surface area (Å²) in [5.41, 5.74) is 4.24. The highest BCUT2D eigenvalue weighted by Gasteiger charge is 2.12. The van der Waals surface area contributed by atoms with Gasteiger partial charge in [-0.3, -0.25) is 4.79 Å². The first kappa shape index (κ1) is 19.1. The smallest absolute Gasteiger partial charge is 0.303 e. The number of rotatable bonds is 8. The lowest BCUT2D eigenvalue weighted by atomic mass is 10.1. The van der Waals surface area contributed by atoms with Crippen molar-refractivity contribution in [3.63, 3.8) is 0 Å². The summed E-state index contributed by atoms with van der Waals surface area (Å²) in [6.45, 7) is 3.17. The van der Waals surface area contributed by atoms with Gasteiger partial charge in [0.05, 0.1) is 13.0 Å². The van der Waals surface area contributed by atoms with E-state index in [-0.39, 0.29) is 6.42 Å². The van der Waals surface area contributed by atoms with E-state index in [1.807, 2.05) is 67.6 Å². The Bertz CT molecular complexity index is 898. The van der Waals surface area contributed by atoms with Crippen molar-refractivity contribution in [2.24, 2.45) is 0 Å². The fourth-order valence-corrected chi connectivity index (χ4v) is 3.12. The Kier molecular flexibility index (Phi) is 6.20. The monoisotopic (exact) mass is 383 g/mol. The van der Waals surface area contributed by atoms with E-state index in [1.54, 1.807) is 0 Å². The van der Waals surface area contributed by atoms with E-state index in [0.717, 1.165) is 22.7 Å². The highest BCUT2D eigenvalue weighted by molar-refractivity contribution is 6.30. The van der Waals surface area contributed by atoms with Crippen LogP contribution in [-0.2, 0) is 17.8 Å². The van der Waals surface area contributed by atoms with Crippen LogP contribution >= 0.6 is 11.6 Å². The van der Waals surface area contributed by atoms with Crippen LogP contribution in [-0.4, -0.2) is 22.2 Å². The van der Waals surface area contributed by atoms with Crippen LogP contribution in [0.3, 0.4) is 0 Å². The first-order chi connectivity index (χ1) is 13.0. The van der Waals surface area contributed by atoms with E-state index < -0.39 is 5.97 Å². The highest BCUT2D eigenvalue weighted by atomic mass is 35.5. The van der Waals surface area contributed by atoms with E-state index in [4.69, 9.17) is 21.4 Å². The maximum atomic E-state index is 11.0. The number of benzene rings is 2. The number of hydrogen-bond donors (Lipinski definition) is 1. The molecule has 4 nitrogen and oxygen atoms in total. The predicted molar refractivity (Wildman–Crippen MR) is 108 cm³/mol. The van der Waals surface area contributed by atoms with Gasteiger partial charge in [-0.2, -0.15) is 0 Å². The van der Waals surface area contributed by atoms with Gasteiger partial charge in [0, 0.05) is 16.4 Å². The third kappa shape index (κ3) is 5.14. The van der Waals surface area contributed by atoms with Crippen LogP contribution in [0, 0.1) is 6.92 Å². The molecule has 0 bridgehead atoms. The van der Waals surface area contributed by atoms with E-state index in [9.17, 15) is 4.79 Å². The van der Waals surface area contributed by atoms with Crippen molar-refractivity contribution < 1.29 is 14.6 Å². The minimum atomic E-state index is -0.799. The largest absolute Gasteiger partial charge is 0.492 e. The van der Waals surface area contributed by atoms with Gasteiger partial charge in [0.15, 0.2) is 0 Å². The molecule has 0 atom stereocenters. The minimum Gasteiger partial charge on any atom is -0.492 e. The lowest BCUT2D eigenvalue weighted by molar-refractivity contribution is -0.136. The predicted octanol–water partition coefficient (Wildman–Crippen LogP) is 5.21. The zero-order valence-electron chi connectivity index (χ0n) is 15.2. The Labute approximate surface area is 164 Å². The summed E-state index contributed by atoms with van der Waals surface area (Å²) in [6, 6.07) is 19.6. The topological polar surface area (TPSA) is 51.5 Å². The number of aryl methyl sites for hydroxylation is 2. The number of carboxylic acid groups (broad SMARTS) is 1. The van der Waals surface area contributed by atoms with Crippen molar-refractivity contribution in [1.82, 2.24) is 4.57 Å². The van der Waals surface area contributed by atoms with Crippen LogP contribution in [0.1, 0.15) is 17.7 Å². The van der Waals surface area contributed by atoms with Crippen molar-refractivity contribution in [2.45, 2.75) is 26.3 Å². The fourth-order valence-electron chi connectivity index (χ4n) is 2.99. The summed E-state index contributed by atoms with van der Waals surface area (Å²) in [5.74, 6) is 0.0274. The number of nitrogens with zero attached hydrogens (tertiary/aromatic N) is 1. The molecule has 0 aliphatic carbocycles. The van der Waals surface area contributed by atoms with Gasteiger partial charge in [0.2, 0.25) is 0 Å². The molecule has 2 aromatic carbocycles. The quantitative estimate of drug-likeness (QED) is 0.580. The Hall–Kier alpha value is -2.72. The third-order valence-corrected chi connectivity index (χ3v) is 4.66. The maximum Gasteiger partial charge on any atom is 0.303 e. The van der Waals surface area contributed by atoms with Crippen LogP contribution in [0.4, 0.5) is 0 Å². The molecule has 1 heterocycles. The van der Waals surface area contributed by atoms with Crippen LogP contribution in [0.15, 0.2) is 60.7 Å². The summed E-state index contributed by atoms with van der Waals surface area (Å²) in [6.07, 6.45) is 0.580. The van der Waals surface area contributed by atoms with Gasteiger partial charge in [-0.05, 0) is 55.3 Å². The van der Waals surface area contributed by atoms with Crippen molar-refractivity contribution >= 4 is 17.6 Å². The zero-order chi connectivity index (χ0) is 19.2. The van der Waals surface area contributed by atoms with Gasteiger partial charge in [-0.1, -0.05) is 41.4 Å². The second kappa shape index (κ2) is 8.78. The van der Waals surface area contributed by atoms with Crippen molar-refractivity contribution in [3.8, 4) is 17.0 Å². The lowest BCUT2D eigenvalue weighted by Crippen LogP contribution is -2.13. The van der Waals surface area contributed by atoms with Gasteiger partial charge in [-0.25, -0.2) is 0 Å². The Morgan fingerprint density at radius 1 is 1.04 bits per heavy atom. The fraction of sp³-hybridized carbons (Fsp3) is 0.227. The molecule has 1 N–H and O–H groups in total. The molecule has 27 heavy (non-hydrogen) atoms. The summed E-state index contributed by atoms with van der Waals surface area (Å²) in [7, 11) is 0. The van der Waals surface area contributed by atoms with Gasteiger partial charge in [0.1, 0.15) is 12.4 Å². The van der Waals surface area contributed by atoms with E-state index in [2.05, 4.69) is 4.57 Å². The molecule has 1 aromatic heterocycles. The number of aliphatic carboxylic acids is 1. The molecule has 0 aliphatic heterocycles. The molecular formula is C22H22ClNO3. The molecule has 0 radical (unpaired) electrons. The van der Waals surface area contributed by atoms with Gasteiger partial charge >= 0.3 is 5.97 Å². The second-order valence-corrected chi connectivity index (χ2v) is 6.86. The van der Waals surface area contributed by atoms with Crippen molar-refractivity contribution in [3.05, 3.63) is 76.9 Å². The number of ether oxygens (including phenoxy) is 1. The maximum absolute atomic E-state index is 11.0. The molecule has 0 spiro atoms. The number of hydrogen-bond acceptors (Lipinski definition) is 2. The Morgan fingerprint density at radius 3 is 2.41 bits per heavy atom. The van der Waals surface area contributed by atoms with E-state index in [0.29, 0.717) is 24.6 Å². The number of halogens is 1. The first-order valence-electron chi connectivity index (χ1n) is 8.88. The number of aromatic nitrogens is 1. The molecule has 0 aliphatic rings. The lowest BCUT2D eigenvalue weighted by Gasteiger charge is -2.15. The van der Waals surface area contributed by atoms with Crippen molar-refractivity contribution in [1.29, 1.82) is 0 Å². The molecule has 140 valence electrons. The number of carboxylic acids is 1. The van der Waals surface area contributed by atoms with Crippen LogP contribution < -0.4 is 4.74 Å². The molecule has 0 saturated carbocycles. The number of carbonyl (C=O) groups is 1. The molecule has 0 saturated heterocycles. The summed E-state index contributed by atoms with van der Waals surface area (Å²) >= 11 is 6.00. The van der Waals surface area contributed by atoms with E-state index >= 15 is 0 Å². The summed E-state index contributed by atoms with van der Waals surface area (Å²) in [4.78, 5) is 11.0. The average molecular weight is 384 g/mol. The SMILES string of the molecule is Cc1ccc(OCCn2c(CCC(=O)O)ccc2-c2ccc(Cl)cc2)cc1. The highest BCUT2D eigenvalue weighted by Crippen LogP contribution is 2.25. The van der Waals surface area contributed by atoms with Crippen LogP contribution in [0.25, 0.3) is 11.3 Å². The van der Waals surface area contributed by atoms with Gasteiger partial charge in [-0.15, -0.1) is 0 Å². The standard InChI is InChI=1S/C22H22ClNO3/c1-16-2-10-20(11-3-16)27-15-14-24-19(9-13-22(25)26)8-12-21(24)17-4-6-18(23)7-5-17/h2-8,10-12H,9,13-15H2,1H3,(H,25,26). The molecule has 3 rings (SSSR count). The third-order valence-electron chi connectivity index (χ3n) is 4.41. The Balaban J connectivity index is 1.78. The molecule has 5 heteroatoms. The summed E-state index contributed by atoms with van der Waals surface area (Å²) in [5, 5.41) is 9.70. The average Bonchev–Trinajstić information content (AvgIpc) is 3.05. The molecule has 0 amide bonds. The normalized spacial score (nSPS) is 10.7. The minimum absolute atomic E-state index is 0.100. The molecular weight excluding hydrogens is 362 g/mol. The zero-order valence-corrected chi connectivity index (χ0v) is 15.9. The first-order valence-corrected chi connectivity index (χ1v) is 9.26. The van der Waals surface area contributed by atoms with E-state index in [1.165, 1.54) is 5.56 Å². The molecule has 0 unspecified atom stereocenters. The second-order valence-electron chi connectivity index (χ2n) is 6.42. The summed E-state index contributed by atoms with van der Waals surface area (Å²) < 4.78 is 7.99. The molecule has 3 aromatic rings. The Morgan fingerprint density at radius 2 is 1.74 bits per heavy atom. The van der Waals surface area contributed by atoms with Crippen molar-refractivity contribution in [2.75, 3.05) is 6.61 Å². The van der Waals surface area contributed by atoms with Crippen LogP contribution in [0.5, 0.6) is 5.75 Å². The van der Waals surface area contributed by atoms with Gasteiger partial charge in [0.25, 0.3) is 0 Å². The van der Waals surface area contributed by atoms with Crippen LogP contribution in [0.2, 0.25) is 5.02 Å². The van der Waals surface area contributed by atoms with Gasteiger partial charge < -0.3 is 14.4 Å². The molecule has 0 fully saturated rings.